The van der Waals surface area contributed by atoms with Crippen LogP contribution < -0.4 is 10.5 Å². The molecule has 112 valence electrons. The Labute approximate surface area is 125 Å². The van der Waals surface area contributed by atoms with Gasteiger partial charge in [0.25, 0.3) is 0 Å². The molecule has 2 rings (SSSR count). The maximum absolute atomic E-state index is 13.2. The van der Waals surface area contributed by atoms with Crippen molar-refractivity contribution in [2.45, 2.75) is 19.6 Å². The van der Waals surface area contributed by atoms with Crippen LogP contribution in [0.3, 0.4) is 0 Å². The Hall–Kier alpha value is -1.91. The Morgan fingerprint density at radius 1 is 1.10 bits per heavy atom. The molecule has 0 heterocycles. The topological polar surface area (TPSA) is 38.5 Å². The van der Waals surface area contributed by atoms with Crippen LogP contribution in [0.1, 0.15) is 16.7 Å². The Balaban J connectivity index is 2.04. The van der Waals surface area contributed by atoms with Crippen molar-refractivity contribution in [3.05, 3.63) is 65.0 Å². The summed E-state index contributed by atoms with van der Waals surface area (Å²) in [7, 11) is 3.65. The van der Waals surface area contributed by atoms with E-state index in [2.05, 4.69) is 11.0 Å². The lowest BCUT2D eigenvalue weighted by molar-refractivity contribution is 0.318. The van der Waals surface area contributed by atoms with Crippen LogP contribution in [0.15, 0.2) is 42.5 Å². The molecule has 4 heteroatoms. The van der Waals surface area contributed by atoms with E-state index in [1.54, 1.807) is 19.2 Å². The molecule has 0 amide bonds. The summed E-state index contributed by atoms with van der Waals surface area (Å²) in [4.78, 5) is 2.14. The number of hydrogen-bond acceptors (Lipinski definition) is 3. The van der Waals surface area contributed by atoms with Crippen LogP contribution in [0.2, 0.25) is 0 Å². The molecular weight excluding hydrogens is 267 g/mol. The van der Waals surface area contributed by atoms with Gasteiger partial charge >= 0.3 is 0 Å². The SMILES string of the molecule is COc1ccc(CN(C)Cc2cccc(F)c2)cc1CN. The summed E-state index contributed by atoms with van der Waals surface area (Å²) in [6.07, 6.45) is 0. The van der Waals surface area contributed by atoms with E-state index in [1.165, 1.54) is 6.07 Å². The lowest BCUT2D eigenvalue weighted by Crippen LogP contribution is -2.17. The van der Waals surface area contributed by atoms with Gasteiger partial charge in [0.15, 0.2) is 0 Å². The third kappa shape index (κ3) is 4.28. The average molecular weight is 288 g/mol. The van der Waals surface area contributed by atoms with Crippen LogP contribution in [0.4, 0.5) is 4.39 Å². The lowest BCUT2D eigenvalue weighted by atomic mass is 10.1. The summed E-state index contributed by atoms with van der Waals surface area (Å²) < 4.78 is 18.5. The molecule has 2 aromatic rings. The van der Waals surface area contributed by atoms with E-state index in [0.29, 0.717) is 13.1 Å². The molecule has 2 aromatic carbocycles. The molecule has 0 aliphatic carbocycles. The quantitative estimate of drug-likeness (QED) is 0.888. The molecule has 0 aromatic heterocycles. The Bertz CT molecular complexity index is 601. The Morgan fingerprint density at radius 3 is 2.43 bits per heavy atom. The standard InChI is InChI=1S/C17H21FN2O/c1-20(11-13-4-3-5-16(18)9-13)12-14-6-7-17(21-2)15(8-14)10-19/h3-9H,10-12,19H2,1-2H3. The molecule has 0 aliphatic heterocycles. The predicted octanol–water partition coefficient (Wildman–Crippen LogP) is 2.93. The van der Waals surface area contributed by atoms with E-state index in [1.807, 2.05) is 25.2 Å². The molecular formula is C17H21FN2O. The van der Waals surface area contributed by atoms with E-state index in [4.69, 9.17) is 10.5 Å². The van der Waals surface area contributed by atoms with Crippen LogP contribution in [-0.2, 0) is 19.6 Å². The summed E-state index contributed by atoms with van der Waals surface area (Å²) in [5, 5.41) is 0. The van der Waals surface area contributed by atoms with Crippen molar-refractivity contribution in [2.75, 3.05) is 14.2 Å². The van der Waals surface area contributed by atoms with Gasteiger partial charge in [0.2, 0.25) is 0 Å². The molecule has 2 N–H and O–H groups in total. The first-order valence-corrected chi connectivity index (χ1v) is 6.91. The third-order valence-corrected chi connectivity index (χ3v) is 3.36. The van der Waals surface area contributed by atoms with Crippen LogP contribution in [0.25, 0.3) is 0 Å². The number of benzene rings is 2. The highest BCUT2D eigenvalue weighted by Crippen LogP contribution is 2.20. The summed E-state index contributed by atoms with van der Waals surface area (Å²) >= 11 is 0. The van der Waals surface area contributed by atoms with Gasteiger partial charge in [-0.1, -0.05) is 18.2 Å². The normalized spacial score (nSPS) is 10.9. The number of nitrogens with zero attached hydrogens (tertiary/aromatic N) is 1. The fourth-order valence-electron chi connectivity index (χ4n) is 2.40. The van der Waals surface area contributed by atoms with E-state index in [-0.39, 0.29) is 5.82 Å². The number of nitrogens with two attached hydrogens (primary N) is 1. The zero-order valence-electron chi connectivity index (χ0n) is 12.5. The van der Waals surface area contributed by atoms with E-state index in [0.717, 1.165) is 29.0 Å². The number of ether oxygens (including phenoxy) is 1. The highest BCUT2D eigenvalue weighted by atomic mass is 19.1. The Morgan fingerprint density at radius 2 is 1.81 bits per heavy atom. The third-order valence-electron chi connectivity index (χ3n) is 3.36. The van der Waals surface area contributed by atoms with Gasteiger partial charge in [-0.2, -0.15) is 0 Å². The fraction of sp³-hybridized carbons (Fsp3) is 0.294. The highest BCUT2D eigenvalue weighted by Gasteiger charge is 2.06. The van der Waals surface area contributed by atoms with Crippen molar-refractivity contribution in [1.29, 1.82) is 0 Å². The van der Waals surface area contributed by atoms with Gasteiger partial charge in [0.1, 0.15) is 11.6 Å². The van der Waals surface area contributed by atoms with Crippen molar-refractivity contribution in [3.8, 4) is 5.75 Å². The maximum atomic E-state index is 13.2. The smallest absolute Gasteiger partial charge is 0.123 e. The highest BCUT2D eigenvalue weighted by molar-refractivity contribution is 5.37. The molecule has 3 nitrogen and oxygen atoms in total. The van der Waals surface area contributed by atoms with Gasteiger partial charge in [-0.3, -0.25) is 4.90 Å². The molecule has 0 bridgehead atoms. The number of methoxy groups -OCH3 is 1. The maximum Gasteiger partial charge on any atom is 0.123 e. The van der Waals surface area contributed by atoms with Crippen LogP contribution in [0, 0.1) is 5.82 Å². The molecule has 0 spiro atoms. The van der Waals surface area contributed by atoms with Crippen LogP contribution in [-0.4, -0.2) is 19.1 Å². The van der Waals surface area contributed by atoms with Crippen LogP contribution in [0.5, 0.6) is 5.75 Å². The molecule has 0 atom stereocenters. The van der Waals surface area contributed by atoms with Crippen molar-refractivity contribution in [2.24, 2.45) is 5.73 Å². The van der Waals surface area contributed by atoms with Crippen LogP contribution >= 0.6 is 0 Å². The van der Waals surface area contributed by atoms with Crippen molar-refractivity contribution >= 4 is 0 Å². The second kappa shape index (κ2) is 7.20. The lowest BCUT2D eigenvalue weighted by Gasteiger charge is -2.18. The number of halogens is 1. The molecule has 0 radical (unpaired) electrons. The molecule has 0 saturated carbocycles. The second-order valence-corrected chi connectivity index (χ2v) is 5.15. The summed E-state index contributed by atoms with van der Waals surface area (Å²) in [5.41, 5.74) is 8.85. The zero-order valence-corrected chi connectivity index (χ0v) is 12.5. The molecule has 21 heavy (non-hydrogen) atoms. The fourth-order valence-corrected chi connectivity index (χ4v) is 2.40. The minimum Gasteiger partial charge on any atom is -0.496 e. The van der Waals surface area contributed by atoms with E-state index >= 15 is 0 Å². The second-order valence-electron chi connectivity index (χ2n) is 5.15. The number of rotatable bonds is 6. The first-order valence-electron chi connectivity index (χ1n) is 6.91. The minimum absolute atomic E-state index is 0.198. The average Bonchev–Trinajstić information content (AvgIpc) is 2.47. The van der Waals surface area contributed by atoms with Gasteiger partial charge < -0.3 is 10.5 Å². The molecule has 0 saturated heterocycles. The predicted molar refractivity (Wildman–Crippen MR) is 82.5 cm³/mol. The van der Waals surface area contributed by atoms with Crippen molar-refractivity contribution < 1.29 is 9.13 Å². The van der Waals surface area contributed by atoms with Crippen molar-refractivity contribution in [3.63, 3.8) is 0 Å². The summed E-state index contributed by atoms with van der Waals surface area (Å²) in [5.74, 6) is 0.616. The monoisotopic (exact) mass is 288 g/mol. The van der Waals surface area contributed by atoms with Gasteiger partial charge in [-0.15, -0.1) is 0 Å². The molecule has 0 unspecified atom stereocenters. The van der Waals surface area contributed by atoms with Gasteiger partial charge in [0.05, 0.1) is 7.11 Å². The first kappa shape index (κ1) is 15.5. The van der Waals surface area contributed by atoms with Gasteiger partial charge in [-0.25, -0.2) is 4.39 Å². The number of hydrogen-bond donors (Lipinski definition) is 1. The van der Waals surface area contributed by atoms with E-state index in [9.17, 15) is 4.39 Å². The first-order chi connectivity index (χ1) is 10.1. The van der Waals surface area contributed by atoms with Gasteiger partial charge in [-0.05, 0) is 42.4 Å². The van der Waals surface area contributed by atoms with Gasteiger partial charge in [0, 0.05) is 25.2 Å². The zero-order chi connectivity index (χ0) is 15.2. The largest absolute Gasteiger partial charge is 0.496 e. The minimum atomic E-state index is -0.198. The molecule has 0 fully saturated rings. The summed E-state index contributed by atoms with van der Waals surface area (Å²) in [6.45, 7) is 1.92. The Kier molecular flexibility index (Phi) is 5.31. The van der Waals surface area contributed by atoms with E-state index < -0.39 is 0 Å². The van der Waals surface area contributed by atoms with Crippen molar-refractivity contribution in [1.82, 2.24) is 4.90 Å². The molecule has 0 aliphatic rings. The summed E-state index contributed by atoms with van der Waals surface area (Å²) in [6, 6.07) is 12.7.